The van der Waals surface area contributed by atoms with Crippen LogP contribution in [0.5, 0.6) is 0 Å². The van der Waals surface area contributed by atoms with Gasteiger partial charge < -0.3 is 5.32 Å². The molecule has 1 N–H and O–H groups in total. The average Bonchev–Trinajstić information content (AvgIpc) is 2.83. The first-order valence-corrected chi connectivity index (χ1v) is 6.42. The minimum absolute atomic E-state index is 0.409. The van der Waals surface area contributed by atoms with E-state index in [1.807, 2.05) is 23.1 Å². The summed E-state index contributed by atoms with van der Waals surface area (Å²) in [5.74, 6) is 0. The lowest BCUT2D eigenvalue weighted by molar-refractivity contribution is 0.451. The Bertz CT molecular complexity index is 488. The van der Waals surface area contributed by atoms with Crippen LogP contribution < -0.4 is 5.32 Å². The maximum Gasteiger partial charge on any atom is 0.0560 e. The van der Waals surface area contributed by atoms with Crippen molar-refractivity contribution >= 4 is 0 Å². The Hall–Kier alpha value is -1.61. The lowest BCUT2D eigenvalue weighted by atomic mass is 10.1. The molecular formula is C15H21N3. The summed E-state index contributed by atoms with van der Waals surface area (Å²) < 4.78 is 1.96. The Balaban J connectivity index is 1.85. The zero-order chi connectivity index (χ0) is 13.0. The van der Waals surface area contributed by atoms with Gasteiger partial charge in [0.1, 0.15) is 0 Å². The molecule has 0 saturated heterocycles. The summed E-state index contributed by atoms with van der Waals surface area (Å²) in [5, 5.41) is 7.74. The molecule has 0 aliphatic heterocycles. The van der Waals surface area contributed by atoms with E-state index in [-0.39, 0.29) is 0 Å². The minimum atomic E-state index is 0.409. The molecule has 1 aromatic carbocycles. The predicted molar refractivity (Wildman–Crippen MR) is 74.4 cm³/mol. The van der Waals surface area contributed by atoms with Crippen LogP contribution in [0.25, 0.3) is 0 Å². The minimum Gasteiger partial charge on any atom is -0.308 e. The normalized spacial score (nSPS) is 12.6. The van der Waals surface area contributed by atoms with Crippen molar-refractivity contribution in [3.05, 3.63) is 53.3 Å². The summed E-state index contributed by atoms with van der Waals surface area (Å²) in [5.41, 5.74) is 4.04. The van der Waals surface area contributed by atoms with Crippen LogP contribution in [0, 0.1) is 13.8 Å². The highest BCUT2D eigenvalue weighted by atomic mass is 15.3. The fourth-order valence-corrected chi connectivity index (χ4v) is 1.96. The van der Waals surface area contributed by atoms with Gasteiger partial charge in [-0.1, -0.05) is 18.2 Å². The van der Waals surface area contributed by atoms with Gasteiger partial charge in [0.15, 0.2) is 0 Å². The maximum atomic E-state index is 4.21. The van der Waals surface area contributed by atoms with Crippen molar-refractivity contribution in [1.29, 1.82) is 0 Å². The fraction of sp³-hybridized carbons (Fsp3) is 0.400. The highest BCUT2D eigenvalue weighted by molar-refractivity contribution is 5.29. The topological polar surface area (TPSA) is 29.9 Å². The van der Waals surface area contributed by atoms with Crippen molar-refractivity contribution in [2.45, 2.75) is 39.9 Å². The van der Waals surface area contributed by atoms with Crippen LogP contribution in [0.1, 0.15) is 23.6 Å². The largest absolute Gasteiger partial charge is 0.308 e. The van der Waals surface area contributed by atoms with E-state index in [4.69, 9.17) is 0 Å². The molecule has 1 unspecified atom stereocenters. The highest BCUT2D eigenvalue weighted by Crippen LogP contribution is 2.09. The van der Waals surface area contributed by atoms with Crippen LogP contribution in [0.3, 0.4) is 0 Å². The number of hydrogen-bond donors (Lipinski definition) is 1. The van der Waals surface area contributed by atoms with Gasteiger partial charge in [0.05, 0.1) is 6.54 Å². The second kappa shape index (κ2) is 5.83. The van der Waals surface area contributed by atoms with Gasteiger partial charge in [0, 0.05) is 25.0 Å². The first kappa shape index (κ1) is 12.8. The summed E-state index contributed by atoms with van der Waals surface area (Å²) in [7, 11) is 0. The molecule has 1 aromatic heterocycles. The number of nitrogens with one attached hydrogen (secondary N) is 1. The standard InChI is InChI=1S/C15H21N3/c1-12-5-6-15(9-13(12)2)10-16-14(3)11-18-8-4-7-17-18/h4-9,14,16H,10-11H2,1-3H3. The molecule has 0 aliphatic rings. The zero-order valence-corrected chi connectivity index (χ0v) is 11.4. The molecule has 0 amide bonds. The number of hydrogen-bond acceptors (Lipinski definition) is 2. The van der Waals surface area contributed by atoms with E-state index in [0.717, 1.165) is 13.1 Å². The Morgan fingerprint density at radius 1 is 1.28 bits per heavy atom. The van der Waals surface area contributed by atoms with E-state index in [2.05, 4.69) is 49.4 Å². The monoisotopic (exact) mass is 243 g/mol. The van der Waals surface area contributed by atoms with Crippen LogP contribution in [-0.4, -0.2) is 15.8 Å². The van der Waals surface area contributed by atoms with Gasteiger partial charge in [-0.15, -0.1) is 0 Å². The third kappa shape index (κ3) is 3.44. The lowest BCUT2D eigenvalue weighted by Crippen LogP contribution is -2.30. The molecule has 0 aliphatic carbocycles. The molecule has 0 spiro atoms. The van der Waals surface area contributed by atoms with Crippen molar-refractivity contribution < 1.29 is 0 Å². The van der Waals surface area contributed by atoms with Gasteiger partial charge in [0.2, 0.25) is 0 Å². The van der Waals surface area contributed by atoms with E-state index in [9.17, 15) is 0 Å². The predicted octanol–water partition coefficient (Wildman–Crippen LogP) is 2.68. The van der Waals surface area contributed by atoms with Crippen molar-refractivity contribution in [3.63, 3.8) is 0 Å². The maximum absolute atomic E-state index is 4.21. The molecule has 0 bridgehead atoms. The number of aromatic nitrogens is 2. The Kier molecular flexibility index (Phi) is 4.15. The molecule has 0 saturated carbocycles. The molecule has 2 aromatic rings. The molecule has 3 nitrogen and oxygen atoms in total. The first-order chi connectivity index (χ1) is 8.65. The summed E-state index contributed by atoms with van der Waals surface area (Å²) >= 11 is 0. The number of nitrogens with zero attached hydrogens (tertiary/aromatic N) is 2. The van der Waals surface area contributed by atoms with Gasteiger partial charge in [-0.2, -0.15) is 5.10 Å². The Labute approximate surface area is 109 Å². The molecule has 1 heterocycles. The fourth-order valence-electron chi connectivity index (χ4n) is 1.96. The van der Waals surface area contributed by atoms with E-state index in [1.54, 1.807) is 0 Å². The van der Waals surface area contributed by atoms with Crippen molar-refractivity contribution in [1.82, 2.24) is 15.1 Å². The highest BCUT2D eigenvalue weighted by Gasteiger charge is 2.03. The first-order valence-electron chi connectivity index (χ1n) is 6.42. The average molecular weight is 243 g/mol. The quantitative estimate of drug-likeness (QED) is 0.875. The molecular weight excluding hydrogens is 222 g/mol. The van der Waals surface area contributed by atoms with E-state index < -0.39 is 0 Å². The second-order valence-corrected chi connectivity index (χ2v) is 4.93. The number of benzene rings is 1. The summed E-state index contributed by atoms with van der Waals surface area (Å²) in [6.45, 7) is 8.29. The molecule has 1 atom stereocenters. The molecule has 96 valence electrons. The van der Waals surface area contributed by atoms with Gasteiger partial charge >= 0.3 is 0 Å². The molecule has 0 fully saturated rings. The lowest BCUT2D eigenvalue weighted by Gasteiger charge is -2.14. The molecule has 2 rings (SSSR count). The van der Waals surface area contributed by atoms with Crippen LogP contribution in [-0.2, 0) is 13.1 Å². The van der Waals surface area contributed by atoms with Crippen molar-refractivity contribution in [2.24, 2.45) is 0 Å². The number of rotatable bonds is 5. The van der Waals surface area contributed by atoms with Crippen molar-refractivity contribution in [2.75, 3.05) is 0 Å². The van der Waals surface area contributed by atoms with Gasteiger partial charge in [-0.25, -0.2) is 0 Å². The van der Waals surface area contributed by atoms with E-state index >= 15 is 0 Å². The third-order valence-electron chi connectivity index (χ3n) is 3.25. The van der Waals surface area contributed by atoms with Crippen LogP contribution >= 0.6 is 0 Å². The molecule has 18 heavy (non-hydrogen) atoms. The van der Waals surface area contributed by atoms with Gasteiger partial charge in [0.25, 0.3) is 0 Å². The summed E-state index contributed by atoms with van der Waals surface area (Å²) in [4.78, 5) is 0. The van der Waals surface area contributed by atoms with E-state index in [0.29, 0.717) is 6.04 Å². The van der Waals surface area contributed by atoms with Gasteiger partial charge in [-0.3, -0.25) is 4.68 Å². The molecule has 3 heteroatoms. The Morgan fingerprint density at radius 3 is 2.78 bits per heavy atom. The number of aryl methyl sites for hydroxylation is 2. The summed E-state index contributed by atoms with van der Waals surface area (Å²) in [6.07, 6.45) is 3.81. The second-order valence-electron chi connectivity index (χ2n) is 4.93. The summed E-state index contributed by atoms with van der Waals surface area (Å²) in [6, 6.07) is 8.99. The SMILES string of the molecule is Cc1ccc(CNC(C)Cn2cccn2)cc1C. The van der Waals surface area contributed by atoms with Crippen LogP contribution in [0.15, 0.2) is 36.7 Å². The zero-order valence-electron chi connectivity index (χ0n) is 11.4. The van der Waals surface area contributed by atoms with Crippen molar-refractivity contribution in [3.8, 4) is 0 Å². The van der Waals surface area contributed by atoms with Gasteiger partial charge in [-0.05, 0) is 43.5 Å². The van der Waals surface area contributed by atoms with Crippen LogP contribution in [0.2, 0.25) is 0 Å². The van der Waals surface area contributed by atoms with E-state index in [1.165, 1.54) is 16.7 Å². The Morgan fingerprint density at radius 2 is 2.11 bits per heavy atom. The molecule has 0 radical (unpaired) electrons. The third-order valence-corrected chi connectivity index (χ3v) is 3.25. The van der Waals surface area contributed by atoms with Crippen LogP contribution in [0.4, 0.5) is 0 Å². The smallest absolute Gasteiger partial charge is 0.0560 e.